The first-order valence-electron chi connectivity index (χ1n) is 7.03. The van der Waals surface area contributed by atoms with Gasteiger partial charge in [-0.15, -0.1) is 0 Å². The van der Waals surface area contributed by atoms with Crippen LogP contribution in [0.1, 0.15) is 0 Å². The summed E-state index contributed by atoms with van der Waals surface area (Å²) in [6.45, 7) is 4.95. The van der Waals surface area contributed by atoms with Crippen molar-refractivity contribution in [2.45, 2.75) is 0 Å². The lowest BCUT2D eigenvalue weighted by Gasteiger charge is -2.26. The van der Waals surface area contributed by atoms with Crippen molar-refractivity contribution in [2.75, 3.05) is 44.6 Å². The molecule has 2 rings (SSSR count). The lowest BCUT2D eigenvalue weighted by molar-refractivity contribution is -0.136. The third kappa shape index (κ3) is 5.14. The Morgan fingerprint density at radius 1 is 1.18 bits per heavy atom. The molecule has 1 heterocycles. The van der Waals surface area contributed by atoms with Crippen molar-refractivity contribution in [1.29, 1.82) is 0 Å². The first kappa shape index (κ1) is 17.0. The number of hydrogen-bond acceptors (Lipinski definition) is 4. The van der Waals surface area contributed by atoms with Crippen molar-refractivity contribution in [3.05, 3.63) is 28.2 Å². The second-order valence-electron chi connectivity index (χ2n) is 4.93. The van der Waals surface area contributed by atoms with Crippen LogP contribution in [0.4, 0.5) is 5.69 Å². The number of nitrogens with one attached hydrogen (secondary N) is 3. The number of carbonyl (C=O) groups excluding carboxylic acids is 2. The van der Waals surface area contributed by atoms with E-state index in [0.717, 1.165) is 32.7 Å². The third-order valence-electron chi connectivity index (χ3n) is 3.31. The summed E-state index contributed by atoms with van der Waals surface area (Å²) in [6, 6.07) is 4.64. The van der Waals surface area contributed by atoms with E-state index in [0.29, 0.717) is 17.3 Å². The Hall–Kier alpha value is -1.34. The van der Waals surface area contributed by atoms with Gasteiger partial charge in [-0.05, 0) is 18.2 Å². The number of benzene rings is 1. The lowest BCUT2D eigenvalue weighted by Crippen LogP contribution is -2.47. The molecule has 0 radical (unpaired) electrons. The van der Waals surface area contributed by atoms with E-state index in [1.54, 1.807) is 12.1 Å². The Morgan fingerprint density at radius 3 is 2.59 bits per heavy atom. The van der Waals surface area contributed by atoms with Gasteiger partial charge in [-0.3, -0.25) is 14.5 Å². The zero-order valence-electron chi connectivity index (χ0n) is 12.0. The van der Waals surface area contributed by atoms with E-state index in [4.69, 9.17) is 23.2 Å². The van der Waals surface area contributed by atoms with Gasteiger partial charge in [-0.25, -0.2) is 0 Å². The van der Waals surface area contributed by atoms with Crippen molar-refractivity contribution in [1.82, 2.24) is 15.5 Å². The molecule has 1 fully saturated rings. The summed E-state index contributed by atoms with van der Waals surface area (Å²) in [7, 11) is 0. The van der Waals surface area contributed by atoms with Crippen LogP contribution >= 0.6 is 23.2 Å². The van der Waals surface area contributed by atoms with Crippen molar-refractivity contribution in [3.63, 3.8) is 0 Å². The van der Waals surface area contributed by atoms with Gasteiger partial charge in [0, 0.05) is 44.3 Å². The highest BCUT2D eigenvalue weighted by molar-refractivity contribution is 6.42. The molecule has 1 aromatic carbocycles. The van der Waals surface area contributed by atoms with E-state index in [1.165, 1.54) is 6.07 Å². The molecule has 8 heteroatoms. The van der Waals surface area contributed by atoms with Crippen molar-refractivity contribution >= 4 is 40.7 Å². The molecule has 1 aliphatic rings. The maximum absolute atomic E-state index is 11.8. The molecule has 0 spiro atoms. The number of nitrogens with zero attached hydrogens (tertiary/aromatic N) is 1. The minimum absolute atomic E-state index is 0.287. The largest absolute Gasteiger partial charge is 0.347 e. The van der Waals surface area contributed by atoms with Gasteiger partial charge in [0.15, 0.2) is 0 Å². The molecule has 1 aliphatic heterocycles. The number of carbonyl (C=O) groups is 2. The zero-order chi connectivity index (χ0) is 15.9. The van der Waals surface area contributed by atoms with Gasteiger partial charge in [-0.2, -0.15) is 0 Å². The number of halogens is 2. The van der Waals surface area contributed by atoms with Crippen molar-refractivity contribution in [2.24, 2.45) is 0 Å². The average molecular weight is 345 g/mol. The molecular weight excluding hydrogens is 327 g/mol. The molecule has 120 valence electrons. The SMILES string of the molecule is O=C(NCCN1CCNCC1)C(=O)Nc1ccc(Cl)cc1Cl. The van der Waals surface area contributed by atoms with Crippen LogP contribution in [-0.2, 0) is 9.59 Å². The van der Waals surface area contributed by atoms with Gasteiger partial charge in [0.1, 0.15) is 0 Å². The van der Waals surface area contributed by atoms with Crippen LogP contribution in [0, 0.1) is 0 Å². The molecule has 22 heavy (non-hydrogen) atoms. The molecule has 6 nitrogen and oxygen atoms in total. The summed E-state index contributed by atoms with van der Waals surface area (Å²) in [5.74, 6) is -1.43. The molecule has 1 aromatic rings. The summed E-state index contributed by atoms with van der Waals surface area (Å²) >= 11 is 11.7. The quantitative estimate of drug-likeness (QED) is 0.711. The van der Waals surface area contributed by atoms with Crippen LogP contribution in [0.15, 0.2) is 18.2 Å². The highest BCUT2D eigenvalue weighted by Gasteiger charge is 2.16. The monoisotopic (exact) mass is 344 g/mol. The Balaban J connectivity index is 1.75. The van der Waals surface area contributed by atoms with Crippen molar-refractivity contribution < 1.29 is 9.59 Å². The summed E-state index contributed by atoms with van der Waals surface area (Å²) in [5, 5.41) is 9.06. The van der Waals surface area contributed by atoms with Gasteiger partial charge < -0.3 is 16.0 Å². The van der Waals surface area contributed by atoms with E-state index in [9.17, 15) is 9.59 Å². The summed E-state index contributed by atoms with van der Waals surface area (Å²) in [6.07, 6.45) is 0. The summed E-state index contributed by atoms with van der Waals surface area (Å²) in [5.41, 5.74) is 0.355. The third-order valence-corrected chi connectivity index (χ3v) is 3.86. The van der Waals surface area contributed by atoms with Crippen LogP contribution < -0.4 is 16.0 Å². The van der Waals surface area contributed by atoms with Crippen LogP contribution in [0.5, 0.6) is 0 Å². The Bertz CT molecular complexity index is 548. The Kier molecular flexibility index (Phi) is 6.45. The van der Waals surface area contributed by atoms with Crippen LogP contribution in [0.3, 0.4) is 0 Å². The first-order chi connectivity index (χ1) is 10.6. The Morgan fingerprint density at radius 2 is 1.91 bits per heavy atom. The van der Waals surface area contributed by atoms with Crippen LogP contribution in [-0.4, -0.2) is 56.0 Å². The zero-order valence-corrected chi connectivity index (χ0v) is 13.5. The van der Waals surface area contributed by atoms with E-state index in [1.807, 2.05) is 0 Å². The molecule has 0 unspecified atom stereocenters. The molecule has 1 saturated heterocycles. The predicted molar refractivity (Wildman–Crippen MR) is 87.4 cm³/mol. The molecule has 3 N–H and O–H groups in total. The van der Waals surface area contributed by atoms with E-state index in [2.05, 4.69) is 20.9 Å². The fourth-order valence-electron chi connectivity index (χ4n) is 2.11. The standard InChI is InChI=1S/C14H18Cl2N4O2/c15-10-1-2-12(11(16)9-10)19-14(22)13(21)18-5-8-20-6-3-17-4-7-20/h1-2,9,17H,3-8H2,(H,18,21)(H,19,22). The molecule has 0 aliphatic carbocycles. The fourth-order valence-corrected chi connectivity index (χ4v) is 2.57. The maximum atomic E-state index is 11.8. The van der Waals surface area contributed by atoms with Gasteiger partial charge in [0.05, 0.1) is 10.7 Å². The second kappa shape index (κ2) is 8.33. The van der Waals surface area contributed by atoms with Crippen LogP contribution in [0.2, 0.25) is 10.0 Å². The number of rotatable bonds is 4. The van der Waals surface area contributed by atoms with Crippen molar-refractivity contribution in [3.8, 4) is 0 Å². The number of piperazine rings is 1. The number of hydrogen-bond donors (Lipinski definition) is 3. The number of anilines is 1. The van der Waals surface area contributed by atoms with Crippen LogP contribution in [0.25, 0.3) is 0 Å². The first-order valence-corrected chi connectivity index (χ1v) is 7.79. The smallest absolute Gasteiger partial charge is 0.313 e. The molecule has 0 bridgehead atoms. The predicted octanol–water partition coefficient (Wildman–Crippen LogP) is 0.953. The van der Waals surface area contributed by atoms with Gasteiger partial charge in [0.25, 0.3) is 0 Å². The maximum Gasteiger partial charge on any atom is 0.313 e. The highest BCUT2D eigenvalue weighted by atomic mass is 35.5. The molecule has 0 saturated carbocycles. The molecule has 0 aromatic heterocycles. The minimum Gasteiger partial charge on any atom is -0.347 e. The molecular formula is C14H18Cl2N4O2. The van der Waals surface area contributed by atoms with Gasteiger partial charge >= 0.3 is 11.8 Å². The van der Waals surface area contributed by atoms with E-state index in [-0.39, 0.29) is 5.02 Å². The summed E-state index contributed by atoms with van der Waals surface area (Å²) < 4.78 is 0. The summed E-state index contributed by atoms with van der Waals surface area (Å²) in [4.78, 5) is 25.8. The Labute approximate surface area is 139 Å². The highest BCUT2D eigenvalue weighted by Crippen LogP contribution is 2.25. The van der Waals surface area contributed by atoms with Gasteiger partial charge in [0.2, 0.25) is 0 Å². The van der Waals surface area contributed by atoms with E-state index < -0.39 is 11.8 Å². The minimum atomic E-state index is -0.746. The fraction of sp³-hybridized carbons (Fsp3) is 0.429. The normalized spacial score (nSPS) is 15.4. The molecule has 2 amide bonds. The van der Waals surface area contributed by atoms with E-state index >= 15 is 0 Å². The molecule has 0 atom stereocenters. The van der Waals surface area contributed by atoms with Gasteiger partial charge in [-0.1, -0.05) is 23.2 Å². The number of amides is 2. The lowest BCUT2D eigenvalue weighted by atomic mass is 10.3. The second-order valence-corrected chi connectivity index (χ2v) is 5.77. The average Bonchev–Trinajstić information content (AvgIpc) is 2.51. The topological polar surface area (TPSA) is 73.5 Å².